The van der Waals surface area contributed by atoms with Crippen LogP contribution in [0.5, 0.6) is 5.75 Å². The van der Waals surface area contributed by atoms with Crippen molar-refractivity contribution >= 4 is 17.4 Å². The zero-order chi connectivity index (χ0) is 14.5. The molecule has 0 spiro atoms. The Kier molecular flexibility index (Phi) is 4.95. The van der Waals surface area contributed by atoms with Crippen LogP contribution in [0, 0.1) is 0 Å². The minimum absolute atomic E-state index is 0.440. The molecule has 0 saturated heterocycles. The molecule has 1 heterocycles. The number of rotatable bonds is 6. The van der Waals surface area contributed by atoms with Crippen molar-refractivity contribution in [2.45, 2.75) is 37.0 Å². The number of ether oxygens (including phenoxy) is 1. The quantitative estimate of drug-likeness (QED) is 0.650. The van der Waals surface area contributed by atoms with Crippen LogP contribution in [0.15, 0.2) is 35.4 Å². The van der Waals surface area contributed by atoms with Crippen molar-refractivity contribution in [3.8, 4) is 5.75 Å². The maximum atomic E-state index is 5.98. The van der Waals surface area contributed by atoms with Gasteiger partial charge in [0.1, 0.15) is 5.75 Å². The Morgan fingerprint density at radius 3 is 2.90 bits per heavy atom. The highest BCUT2D eigenvalue weighted by molar-refractivity contribution is 7.98. The Labute approximate surface area is 124 Å². The predicted octanol–water partition coefficient (Wildman–Crippen LogP) is 3.74. The van der Waals surface area contributed by atoms with Gasteiger partial charge in [-0.1, -0.05) is 6.92 Å². The monoisotopic (exact) mass is 291 g/mol. The number of anilines is 1. The average molecular weight is 291 g/mol. The Hall–Kier alpha value is -1.62. The lowest BCUT2D eigenvalue weighted by atomic mass is 10.3. The summed E-state index contributed by atoms with van der Waals surface area (Å²) >= 11 is 1.68. The van der Waals surface area contributed by atoms with Gasteiger partial charge in [0.2, 0.25) is 0 Å². The number of hydrogen-bond donors (Lipinski definition) is 1. The third kappa shape index (κ3) is 3.48. The first-order valence-corrected chi connectivity index (χ1v) is 7.73. The Morgan fingerprint density at radius 1 is 1.40 bits per heavy atom. The molecule has 2 rings (SSSR count). The maximum absolute atomic E-state index is 5.98. The topological polar surface area (TPSA) is 53.1 Å². The fourth-order valence-corrected chi connectivity index (χ4v) is 2.70. The summed E-state index contributed by atoms with van der Waals surface area (Å²) in [4.78, 5) is 1.03. The number of nitrogen functional groups attached to an aromatic ring is 1. The van der Waals surface area contributed by atoms with E-state index in [1.807, 2.05) is 29.1 Å². The number of hydrogen-bond acceptors (Lipinski definition) is 4. The molecule has 0 saturated carbocycles. The van der Waals surface area contributed by atoms with Gasteiger partial charge in [0.25, 0.3) is 0 Å². The molecule has 20 heavy (non-hydrogen) atoms. The van der Waals surface area contributed by atoms with Gasteiger partial charge in [-0.25, -0.2) is 0 Å². The number of methoxy groups -OCH3 is 1. The predicted molar refractivity (Wildman–Crippen MR) is 84.2 cm³/mol. The van der Waals surface area contributed by atoms with E-state index in [1.165, 1.54) is 0 Å². The molecule has 1 aromatic heterocycles. The van der Waals surface area contributed by atoms with E-state index in [2.05, 4.69) is 25.0 Å². The third-order valence-corrected chi connectivity index (χ3v) is 4.41. The number of nitrogens with two attached hydrogens (primary N) is 1. The van der Waals surface area contributed by atoms with Crippen molar-refractivity contribution in [3.63, 3.8) is 0 Å². The molecule has 1 aromatic carbocycles. The maximum Gasteiger partial charge on any atom is 0.120 e. The first-order chi connectivity index (χ1) is 9.63. The van der Waals surface area contributed by atoms with Crippen LogP contribution in [0.25, 0.3) is 0 Å². The van der Waals surface area contributed by atoms with Crippen LogP contribution in [0.1, 0.15) is 32.0 Å². The van der Waals surface area contributed by atoms with Crippen molar-refractivity contribution < 1.29 is 4.74 Å². The summed E-state index contributed by atoms with van der Waals surface area (Å²) < 4.78 is 7.24. The second-order valence-electron chi connectivity index (χ2n) is 4.74. The van der Waals surface area contributed by atoms with E-state index < -0.39 is 0 Å². The first kappa shape index (κ1) is 14.8. The molecular weight excluding hydrogens is 270 g/mol. The van der Waals surface area contributed by atoms with Gasteiger partial charge in [0.05, 0.1) is 12.8 Å². The molecule has 1 atom stereocenters. The highest BCUT2D eigenvalue weighted by atomic mass is 32.2. The number of thioether (sulfide) groups is 1. The molecule has 0 fully saturated rings. The van der Waals surface area contributed by atoms with Crippen LogP contribution in [0.2, 0.25) is 0 Å². The lowest BCUT2D eigenvalue weighted by Crippen LogP contribution is -2.04. The molecule has 0 amide bonds. The summed E-state index contributed by atoms with van der Waals surface area (Å²) in [5.74, 6) is 1.63. The summed E-state index contributed by atoms with van der Waals surface area (Å²) in [6.07, 6.45) is 3.12. The molecule has 0 aliphatic carbocycles. The molecule has 2 aromatic rings. The molecule has 0 radical (unpaired) electrons. The smallest absolute Gasteiger partial charge is 0.120 e. The van der Waals surface area contributed by atoms with Crippen LogP contribution in [-0.4, -0.2) is 16.9 Å². The Balaban J connectivity index is 2.03. The normalized spacial score (nSPS) is 12.3. The lowest BCUT2D eigenvalue weighted by molar-refractivity contribution is 0.414. The van der Waals surface area contributed by atoms with E-state index in [4.69, 9.17) is 10.5 Å². The molecule has 2 N–H and O–H groups in total. The SMILES string of the molecule is CCC(C)n1ccc(CSc2cc(OC)ccc2N)n1. The average Bonchev–Trinajstić information content (AvgIpc) is 2.94. The van der Waals surface area contributed by atoms with Crippen molar-refractivity contribution in [3.05, 3.63) is 36.2 Å². The van der Waals surface area contributed by atoms with Gasteiger partial charge in [-0.15, -0.1) is 11.8 Å². The number of nitrogens with zero attached hydrogens (tertiary/aromatic N) is 2. The van der Waals surface area contributed by atoms with Gasteiger partial charge in [-0.2, -0.15) is 5.10 Å². The molecule has 108 valence electrons. The van der Waals surface area contributed by atoms with Crippen LogP contribution in [-0.2, 0) is 5.75 Å². The fourth-order valence-electron chi connectivity index (χ4n) is 1.81. The van der Waals surface area contributed by atoms with Crippen molar-refractivity contribution in [2.75, 3.05) is 12.8 Å². The molecule has 0 aliphatic heterocycles. The van der Waals surface area contributed by atoms with Gasteiger partial charge >= 0.3 is 0 Å². The lowest BCUT2D eigenvalue weighted by Gasteiger charge is -2.08. The van der Waals surface area contributed by atoms with Gasteiger partial charge < -0.3 is 10.5 Å². The fraction of sp³-hybridized carbons (Fsp3) is 0.400. The second kappa shape index (κ2) is 6.70. The molecule has 5 heteroatoms. The van der Waals surface area contributed by atoms with Crippen LogP contribution < -0.4 is 10.5 Å². The Bertz CT molecular complexity index is 568. The minimum atomic E-state index is 0.440. The third-order valence-electron chi connectivity index (χ3n) is 3.30. The van der Waals surface area contributed by atoms with Crippen LogP contribution >= 0.6 is 11.8 Å². The highest BCUT2D eigenvalue weighted by Crippen LogP contribution is 2.31. The second-order valence-corrected chi connectivity index (χ2v) is 5.75. The molecule has 1 unspecified atom stereocenters. The van der Waals surface area contributed by atoms with E-state index in [0.29, 0.717) is 6.04 Å². The van der Waals surface area contributed by atoms with E-state index in [0.717, 1.165) is 34.2 Å². The minimum Gasteiger partial charge on any atom is -0.497 e. The van der Waals surface area contributed by atoms with E-state index >= 15 is 0 Å². The van der Waals surface area contributed by atoms with Gasteiger partial charge in [-0.3, -0.25) is 4.68 Å². The summed E-state index contributed by atoms with van der Waals surface area (Å²) in [5, 5.41) is 4.59. The van der Waals surface area contributed by atoms with E-state index in [9.17, 15) is 0 Å². The molecule has 4 nitrogen and oxygen atoms in total. The number of benzene rings is 1. The first-order valence-electron chi connectivity index (χ1n) is 6.74. The van der Waals surface area contributed by atoms with Crippen LogP contribution in [0.4, 0.5) is 5.69 Å². The van der Waals surface area contributed by atoms with Crippen molar-refractivity contribution in [1.82, 2.24) is 9.78 Å². The van der Waals surface area contributed by atoms with Gasteiger partial charge in [0.15, 0.2) is 0 Å². The Morgan fingerprint density at radius 2 is 2.20 bits per heavy atom. The van der Waals surface area contributed by atoms with E-state index in [1.54, 1.807) is 18.9 Å². The van der Waals surface area contributed by atoms with E-state index in [-0.39, 0.29) is 0 Å². The summed E-state index contributed by atoms with van der Waals surface area (Å²) in [6, 6.07) is 8.22. The molecular formula is C15H21N3OS. The van der Waals surface area contributed by atoms with Crippen molar-refractivity contribution in [1.29, 1.82) is 0 Å². The highest BCUT2D eigenvalue weighted by Gasteiger charge is 2.07. The summed E-state index contributed by atoms with van der Waals surface area (Å²) in [7, 11) is 1.66. The summed E-state index contributed by atoms with van der Waals surface area (Å²) in [6.45, 7) is 4.34. The molecule has 0 bridgehead atoms. The van der Waals surface area contributed by atoms with Gasteiger partial charge in [-0.05, 0) is 37.6 Å². The molecule has 0 aliphatic rings. The standard InChI is InChI=1S/C15H21N3OS/c1-4-11(2)18-8-7-12(17-18)10-20-15-9-13(19-3)5-6-14(15)16/h5-9,11H,4,10,16H2,1-3H3. The zero-order valence-corrected chi connectivity index (χ0v) is 13.0. The van der Waals surface area contributed by atoms with Crippen molar-refractivity contribution in [2.24, 2.45) is 0 Å². The number of aromatic nitrogens is 2. The van der Waals surface area contributed by atoms with Crippen LogP contribution in [0.3, 0.4) is 0 Å². The van der Waals surface area contributed by atoms with Gasteiger partial charge in [0, 0.05) is 28.6 Å². The summed E-state index contributed by atoms with van der Waals surface area (Å²) in [5.41, 5.74) is 7.82. The largest absolute Gasteiger partial charge is 0.497 e. The zero-order valence-electron chi connectivity index (χ0n) is 12.2.